The molecule has 1 aliphatic rings. The van der Waals surface area contributed by atoms with Crippen LogP contribution in [0.15, 0.2) is 18.2 Å². The summed E-state index contributed by atoms with van der Waals surface area (Å²) >= 11 is 0. The zero-order valence-corrected chi connectivity index (χ0v) is 12.6. The lowest BCUT2D eigenvalue weighted by atomic mass is 9.87. The highest BCUT2D eigenvalue weighted by Gasteiger charge is 2.47. The summed E-state index contributed by atoms with van der Waals surface area (Å²) in [6.07, 6.45) is -0.701. The first kappa shape index (κ1) is 16.1. The monoisotopic (exact) mass is 310 g/mol. The van der Waals surface area contributed by atoms with E-state index in [0.29, 0.717) is 17.1 Å². The molecule has 1 aliphatic heterocycles. The van der Waals surface area contributed by atoms with Crippen molar-refractivity contribution in [2.45, 2.75) is 6.10 Å². The SMILES string of the molecule is COC(=O)[C@H]1[C@H](C(=O)O)CO[C@H]1c1ccc(OC)c(OC)c1. The van der Waals surface area contributed by atoms with E-state index in [1.54, 1.807) is 18.2 Å². The Labute approximate surface area is 127 Å². The Balaban J connectivity index is 2.38. The van der Waals surface area contributed by atoms with Crippen molar-refractivity contribution in [3.8, 4) is 11.5 Å². The Kier molecular flexibility index (Phi) is 4.87. The largest absolute Gasteiger partial charge is 0.493 e. The third-order valence-electron chi connectivity index (χ3n) is 3.74. The minimum Gasteiger partial charge on any atom is -0.493 e. The Hall–Kier alpha value is -2.28. The number of methoxy groups -OCH3 is 3. The van der Waals surface area contributed by atoms with Crippen molar-refractivity contribution in [1.82, 2.24) is 0 Å². The fourth-order valence-electron chi connectivity index (χ4n) is 2.61. The van der Waals surface area contributed by atoms with Crippen molar-refractivity contribution in [3.05, 3.63) is 23.8 Å². The Morgan fingerprint density at radius 2 is 1.86 bits per heavy atom. The van der Waals surface area contributed by atoms with Crippen LogP contribution < -0.4 is 9.47 Å². The van der Waals surface area contributed by atoms with Crippen molar-refractivity contribution < 1.29 is 33.6 Å². The van der Waals surface area contributed by atoms with E-state index in [0.717, 1.165) is 0 Å². The molecular weight excluding hydrogens is 292 g/mol. The van der Waals surface area contributed by atoms with Crippen molar-refractivity contribution in [2.75, 3.05) is 27.9 Å². The number of carboxylic acids is 1. The summed E-state index contributed by atoms with van der Waals surface area (Å²) in [6.45, 7) is -0.0475. The van der Waals surface area contributed by atoms with Crippen LogP contribution in [0.4, 0.5) is 0 Å². The lowest BCUT2D eigenvalue weighted by molar-refractivity contribution is -0.154. The van der Waals surface area contributed by atoms with E-state index >= 15 is 0 Å². The van der Waals surface area contributed by atoms with Crippen molar-refractivity contribution in [1.29, 1.82) is 0 Å². The van der Waals surface area contributed by atoms with E-state index in [2.05, 4.69) is 0 Å². The summed E-state index contributed by atoms with van der Waals surface area (Å²) in [5.74, 6) is -2.52. The van der Waals surface area contributed by atoms with Gasteiger partial charge in [-0.05, 0) is 17.7 Å². The molecule has 7 nitrogen and oxygen atoms in total. The molecule has 1 aromatic rings. The van der Waals surface area contributed by atoms with Crippen molar-refractivity contribution in [3.63, 3.8) is 0 Å². The van der Waals surface area contributed by atoms with Crippen LogP contribution in [0.5, 0.6) is 11.5 Å². The van der Waals surface area contributed by atoms with Gasteiger partial charge < -0.3 is 24.1 Å². The average molecular weight is 310 g/mol. The summed E-state index contributed by atoms with van der Waals surface area (Å²) in [5, 5.41) is 9.24. The molecule has 0 bridgehead atoms. The van der Waals surface area contributed by atoms with Gasteiger partial charge >= 0.3 is 11.9 Å². The maximum absolute atomic E-state index is 12.0. The molecule has 3 atom stereocenters. The minimum absolute atomic E-state index is 0.0475. The van der Waals surface area contributed by atoms with Crippen LogP contribution in [0.3, 0.4) is 0 Å². The molecule has 0 spiro atoms. The predicted octanol–water partition coefficient (Wildman–Crippen LogP) is 1.27. The number of carboxylic acid groups (broad SMARTS) is 1. The second-order valence-electron chi connectivity index (χ2n) is 4.86. The van der Waals surface area contributed by atoms with E-state index < -0.39 is 29.9 Å². The fraction of sp³-hybridized carbons (Fsp3) is 0.467. The number of hydrogen-bond donors (Lipinski definition) is 1. The minimum atomic E-state index is -1.08. The average Bonchev–Trinajstić information content (AvgIpc) is 2.98. The van der Waals surface area contributed by atoms with Crippen LogP contribution in [-0.2, 0) is 19.1 Å². The Morgan fingerprint density at radius 3 is 2.41 bits per heavy atom. The van der Waals surface area contributed by atoms with Crippen LogP contribution in [0.2, 0.25) is 0 Å². The van der Waals surface area contributed by atoms with Gasteiger partial charge in [0.2, 0.25) is 0 Å². The molecule has 1 aromatic carbocycles. The van der Waals surface area contributed by atoms with Gasteiger partial charge in [-0.3, -0.25) is 9.59 Å². The molecule has 2 rings (SSSR count). The molecule has 0 saturated carbocycles. The van der Waals surface area contributed by atoms with E-state index in [9.17, 15) is 14.7 Å². The maximum Gasteiger partial charge on any atom is 0.312 e. The number of carbonyl (C=O) groups is 2. The molecule has 0 amide bonds. The summed E-state index contributed by atoms with van der Waals surface area (Å²) < 4.78 is 20.6. The quantitative estimate of drug-likeness (QED) is 0.819. The highest BCUT2D eigenvalue weighted by atomic mass is 16.5. The van der Waals surface area contributed by atoms with Gasteiger partial charge in [-0.15, -0.1) is 0 Å². The molecule has 1 heterocycles. The molecule has 1 fully saturated rings. The van der Waals surface area contributed by atoms with Gasteiger partial charge in [0.05, 0.1) is 40.0 Å². The topological polar surface area (TPSA) is 91.3 Å². The number of aliphatic carboxylic acids is 1. The van der Waals surface area contributed by atoms with Crippen LogP contribution >= 0.6 is 0 Å². The van der Waals surface area contributed by atoms with Gasteiger partial charge in [0.1, 0.15) is 5.92 Å². The van der Waals surface area contributed by atoms with E-state index in [1.165, 1.54) is 21.3 Å². The van der Waals surface area contributed by atoms with Crippen molar-refractivity contribution >= 4 is 11.9 Å². The second-order valence-corrected chi connectivity index (χ2v) is 4.86. The molecule has 7 heteroatoms. The summed E-state index contributed by atoms with van der Waals surface area (Å²) in [6, 6.07) is 5.07. The number of hydrogen-bond acceptors (Lipinski definition) is 6. The third-order valence-corrected chi connectivity index (χ3v) is 3.74. The number of esters is 1. The van der Waals surface area contributed by atoms with Gasteiger partial charge in [0.15, 0.2) is 11.5 Å². The van der Waals surface area contributed by atoms with Crippen LogP contribution in [0, 0.1) is 11.8 Å². The number of ether oxygens (including phenoxy) is 4. The smallest absolute Gasteiger partial charge is 0.312 e. The first-order valence-corrected chi connectivity index (χ1v) is 6.67. The standard InChI is InChI=1S/C15H18O7/c1-19-10-5-4-8(6-11(10)20-2)13-12(15(18)21-3)9(7-22-13)14(16)17/h4-6,9,12-13H,7H2,1-3H3,(H,16,17)/t9-,12+,13+/m1/s1. The van der Waals surface area contributed by atoms with Crippen LogP contribution in [-0.4, -0.2) is 45.0 Å². The van der Waals surface area contributed by atoms with Crippen LogP contribution in [0.25, 0.3) is 0 Å². The molecule has 1 saturated heterocycles. The second kappa shape index (κ2) is 6.65. The molecule has 120 valence electrons. The first-order chi connectivity index (χ1) is 10.5. The van der Waals surface area contributed by atoms with Crippen molar-refractivity contribution in [2.24, 2.45) is 11.8 Å². The fourth-order valence-corrected chi connectivity index (χ4v) is 2.61. The van der Waals surface area contributed by atoms with Crippen LogP contribution in [0.1, 0.15) is 11.7 Å². The van der Waals surface area contributed by atoms with E-state index in [4.69, 9.17) is 18.9 Å². The lowest BCUT2D eigenvalue weighted by Gasteiger charge is -2.20. The van der Waals surface area contributed by atoms with E-state index in [-0.39, 0.29) is 6.61 Å². The number of benzene rings is 1. The Morgan fingerprint density at radius 1 is 1.18 bits per heavy atom. The number of rotatable bonds is 5. The predicted molar refractivity (Wildman–Crippen MR) is 74.9 cm³/mol. The van der Waals surface area contributed by atoms with Gasteiger partial charge in [0, 0.05) is 0 Å². The summed E-state index contributed by atoms with van der Waals surface area (Å²) in [7, 11) is 4.24. The number of carbonyl (C=O) groups excluding carboxylic acids is 1. The zero-order chi connectivity index (χ0) is 16.3. The lowest BCUT2D eigenvalue weighted by Crippen LogP contribution is -2.30. The molecule has 0 unspecified atom stereocenters. The van der Waals surface area contributed by atoms with Gasteiger partial charge in [-0.2, -0.15) is 0 Å². The molecule has 0 radical (unpaired) electrons. The van der Waals surface area contributed by atoms with E-state index in [1.807, 2.05) is 0 Å². The normalized spacial score (nSPS) is 23.9. The molecule has 1 N–H and O–H groups in total. The highest BCUT2D eigenvalue weighted by molar-refractivity contribution is 5.82. The maximum atomic E-state index is 12.0. The van der Waals surface area contributed by atoms with Gasteiger partial charge in [-0.25, -0.2) is 0 Å². The highest BCUT2D eigenvalue weighted by Crippen LogP contribution is 2.41. The van der Waals surface area contributed by atoms with Gasteiger partial charge in [0.25, 0.3) is 0 Å². The first-order valence-electron chi connectivity index (χ1n) is 6.67. The summed E-state index contributed by atoms with van der Waals surface area (Å²) in [5.41, 5.74) is 0.636. The molecule has 0 aromatic heterocycles. The molecule has 0 aliphatic carbocycles. The Bertz CT molecular complexity index is 569. The molecule has 22 heavy (non-hydrogen) atoms. The summed E-state index contributed by atoms with van der Waals surface area (Å²) in [4.78, 5) is 23.3. The molecular formula is C15H18O7. The van der Waals surface area contributed by atoms with Gasteiger partial charge in [-0.1, -0.05) is 6.07 Å². The zero-order valence-electron chi connectivity index (χ0n) is 12.6. The third kappa shape index (κ3) is 2.85.